The van der Waals surface area contributed by atoms with Gasteiger partial charge in [-0.05, 0) is 56.5 Å². The molecule has 5 nitrogen and oxygen atoms in total. The van der Waals surface area contributed by atoms with Crippen molar-refractivity contribution in [1.29, 1.82) is 0 Å². The summed E-state index contributed by atoms with van der Waals surface area (Å²) < 4.78 is 46.7. The Bertz CT molecular complexity index is 1160. The van der Waals surface area contributed by atoms with Crippen LogP contribution in [0.2, 0.25) is 0 Å². The summed E-state index contributed by atoms with van der Waals surface area (Å²) in [5.41, 5.74) is 1.38. The van der Waals surface area contributed by atoms with Crippen molar-refractivity contribution >= 4 is 33.4 Å². The zero-order chi connectivity index (χ0) is 23.8. The number of alkyl halides is 3. The predicted molar refractivity (Wildman–Crippen MR) is 120 cm³/mol. The summed E-state index contributed by atoms with van der Waals surface area (Å²) in [5, 5.41) is 0. The summed E-state index contributed by atoms with van der Waals surface area (Å²) >= 11 is 1.58. The highest BCUT2D eigenvalue weighted by atomic mass is 32.1. The van der Waals surface area contributed by atoms with Crippen LogP contribution in [0.3, 0.4) is 0 Å². The molecule has 3 aromatic rings. The van der Waals surface area contributed by atoms with Gasteiger partial charge in [-0.1, -0.05) is 12.1 Å². The van der Waals surface area contributed by atoms with Crippen molar-refractivity contribution in [2.75, 3.05) is 19.7 Å². The molecule has 1 amide bonds. The van der Waals surface area contributed by atoms with E-state index >= 15 is 0 Å². The maximum atomic E-state index is 13.4. The number of rotatable bonds is 5. The van der Waals surface area contributed by atoms with Crippen LogP contribution in [0, 0.1) is 12.8 Å². The number of halogens is 3. The van der Waals surface area contributed by atoms with Gasteiger partial charge in [-0.25, -0.2) is 0 Å². The first-order valence-corrected chi connectivity index (χ1v) is 11.7. The van der Waals surface area contributed by atoms with E-state index in [1.54, 1.807) is 23.2 Å². The SMILES string of the molecule is CCOC(=O)C1CCN(C(=O)c2cc3sc(C)cc3n2Cc2ccc(C(F)(F)F)cc2)CC1. The number of likely N-dealkylation sites (tertiary alicyclic amines) is 1. The van der Waals surface area contributed by atoms with Crippen LogP contribution in [0.25, 0.3) is 10.2 Å². The average molecular weight is 479 g/mol. The van der Waals surface area contributed by atoms with Gasteiger partial charge in [0.1, 0.15) is 5.69 Å². The van der Waals surface area contributed by atoms with Crippen molar-refractivity contribution in [2.45, 2.75) is 39.4 Å². The van der Waals surface area contributed by atoms with E-state index in [4.69, 9.17) is 4.74 Å². The number of aryl methyl sites for hydroxylation is 1. The van der Waals surface area contributed by atoms with E-state index in [9.17, 15) is 22.8 Å². The van der Waals surface area contributed by atoms with Crippen molar-refractivity contribution in [3.05, 3.63) is 58.1 Å². The summed E-state index contributed by atoms with van der Waals surface area (Å²) in [6.07, 6.45) is -3.28. The Hall–Kier alpha value is -2.81. The summed E-state index contributed by atoms with van der Waals surface area (Å²) in [6, 6.07) is 8.89. The van der Waals surface area contributed by atoms with E-state index < -0.39 is 11.7 Å². The molecule has 1 aromatic carbocycles. The Morgan fingerprint density at radius 3 is 2.39 bits per heavy atom. The molecule has 0 aliphatic carbocycles. The maximum Gasteiger partial charge on any atom is 0.416 e. The van der Waals surface area contributed by atoms with Gasteiger partial charge in [0.2, 0.25) is 0 Å². The molecule has 0 unspecified atom stereocenters. The maximum absolute atomic E-state index is 13.4. The standard InChI is InChI=1S/C24H25F3N2O3S/c1-3-32-23(31)17-8-10-28(11-9-17)22(30)20-13-21-19(12-15(2)33-21)29(20)14-16-4-6-18(7-5-16)24(25,26)27/h4-7,12-13,17H,3,8-11,14H2,1-2H3. The molecule has 1 aliphatic rings. The van der Waals surface area contributed by atoms with Gasteiger partial charge >= 0.3 is 12.1 Å². The van der Waals surface area contributed by atoms with E-state index in [1.165, 1.54) is 12.1 Å². The fourth-order valence-electron chi connectivity index (χ4n) is 4.23. The Kier molecular flexibility index (Phi) is 6.52. The molecular formula is C24H25F3N2O3S. The fourth-order valence-corrected chi connectivity index (χ4v) is 5.20. The summed E-state index contributed by atoms with van der Waals surface area (Å²) in [5.74, 6) is -0.546. The van der Waals surface area contributed by atoms with Crippen molar-refractivity contribution in [3.63, 3.8) is 0 Å². The third-order valence-corrected chi connectivity index (χ3v) is 6.94. The van der Waals surface area contributed by atoms with Gasteiger partial charge in [0.25, 0.3) is 5.91 Å². The lowest BCUT2D eigenvalue weighted by Crippen LogP contribution is -2.41. The zero-order valence-electron chi connectivity index (χ0n) is 18.4. The van der Waals surface area contributed by atoms with Crippen molar-refractivity contribution in [2.24, 2.45) is 5.92 Å². The molecule has 1 fully saturated rings. The monoisotopic (exact) mass is 478 g/mol. The van der Waals surface area contributed by atoms with Gasteiger partial charge in [-0.15, -0.1) is 11.3 Å². The first kappa shape index (κ1) is 23.4. The van der Waals surface area contributed by atoms with Gasteiger partial charge in [-0.2, -0.15) is 13.2 Å². The molecule has 1 aliphatic heterocycles. The highest BCUT2D eigenvalue weighted by molar-refractivity contribution is 7.19. The van der Waals surface area contributed by atoms with E-state index in [0.717, 1.165) is 27.2 Å². The number of aromatic nitrogens is 1. The molecule has 0 atom stereocenters. The highest BCUT2D eigenvalue weighted by Crippen LogP contribution is 2.32. The molecule has 2 aromatic heterocycles. The van der Waals surface area contributed by atoms with Crippen molar-refractivity contribution in [1.82, 2.24) is 9.47 Å². The molecule has 9 heteroatoms. The Morgan fingerprint density at radius 2 is 1.79 bits per heavy atom. The number of hydrogen-bond acceptors (Lipinski definition) is 4. The normalized spacial score (nSPS) is 15.2. The second-order valence-corrected chi connectivity index (χ2v) is 9.52. The van der Waals surface area contributed by atoms with Crippen molar-refractivity contribution in [3.8, 4) is 0 Å². The lowest BCUT2D eigenvalue weighted by molar-refractivity contribution is -0.149. The second-order valence-electron chi connectivity index (χ2n) is 8.24. The molecule has 3 heterocycles. The summed E-state index contributed by atoms with van der Waals surface area (Å²) in [4.78, 5) is 28.2. The number of esters is 1. The number of carbonyl (C=O) groups excluding carboxylic acids is 2. The van der Waals surface area contributed by atoms with Gasteiger partial charge in [0.05, 0.1) is 28.3 Å². The minimum atomic E-state index is -4.39. The second kappa shape index (κ2) is 9.21. The van der Waals surface area contributed by atoms with E-state index in [1.807, 2.05) is 23.6 Å². The van der Waals surface area contributed by atoms with Crippen LogP contribution in [0.4, 0.5) is 13.2 Å². The number of nitrogens with zero attached hydrogens (tertiary/aromatic N) is 2. The Labute approximate surface area is 193 Å². The van der Waals surface area contributed by atoms with Crippen LogP contribution in [-0.4, -0.2) is 41.0 Å². The van der Waals surface area contributed by atoms with Crippen LogP contribution in [0.15, 0.2) is 36.4 Å². The van der Waals surface area contributed by atoms with Crippen LogP contribution in [0.5, 0.6) is 0 Å². The third kappa shape index (κ3) is 4.93. The highest BCUT2D eigenvalue weighted by Gasteiger charge is 2.31. The first-order valence-electron chi connectivity index (χ1n) is 10.9. The Balaban J connectivity index is 1.57. The summed E-state index contributed by atoms with van der Waals surface area (Å²) in [7, 11) is 0. The van der Waals surface area contributed by atoms with Gasteiger partial charge in [0.15, 0.2) is 0 Å². The minimum Gasteiger partial charge on any atom is -0.466 e. The zero-order valence-corrected chi connectivity index (χ0v) is 19.3. The smallest absolute Gasteiger partial charge is 0.416 e. The molecule has 0 radical (unpaired) electrons. The van der Waals surface area contributed by atoms with Gasteiger partial charge in [0, 0.05) is 24.5 Å². The third-order valence-electron chi connectivity index (χ3n) is 5.96. The van der Waals surface area contributed by atoms with E-state index in [-0.39, 0.29) is 24.3 Å². The molecular weight excluding hydrogens is 453 g/mol. The molecule has 176 valence electrons. The van der Waals surface area contributed by atoms with Gasteiger partial charge in [-0.3, -0.25) is 9.59 Å². The number of hydrogen-bond donors (Lipinski definition) is 0. The fraction of sp³-hybridized carbons (Fsp3) is 0.417. The molecule has 0 spiro atoms. The Morgan fingerprint density at radius 1 is 1.12 bits per heavy atom. The number of carbonyl (C=O) groups is 2. The quantitative estimate of drug-likeness (QED) is 0.456. The number of fused-ring (bicyclic) bond motifs is 1. The number of ether oxygens (including phenoxy) is 1. The van der Waals surface area contributed by atoms with Crippen LogP contribution >= 0.6 is 11.3 Å². The molecule has 33 heavy (non-hydrogen) atoms. The molecule has 4 rings (SSSR count). The minimum absolute atomic E-state index is 0.134. The van der Waals surface area contributed by atoms with Crippen LogP contribution in [0.1, 0.15) is 46.3 Å². The topological polar surface area (TPSA) is 51.5 Å². The molecule has 1 saturated heterocycles. The largest absolute Gasteiger partial charge is 0.466 e. The van der Waals surface area contributed by atoms with E-state index in [2.05, 4.69) is 0 Å². The summed E-state index contributed by atoms with van der Waals surface area (Å²) in [6.45, 7) is 5.30. The van der Waals surface area contributed by atoms with E-state index in [0.29, 0.717) is 43.8 Å². The number of amides is 1. The predicted octanol–water partition coefficient (Wildman–Crippen LogP) is 5.49. The van der Waals surface area contributed by atoms with Crippen molar-refractivity contribution < 1.29 is 27.5 Å². The molecule has 0 N–H and O–H groups in total. The van der Waals surface area contributed by atoms with Crippen LogP contribution in [-0.2, 0) is 22.3 Å². The van der Waals surface area contributed by atoms with Gasteiger partial charge < -0.3 is 14.2 Å². The lowest BCUT2D eigenvalue weighted by atomic mass is 9.97. The molecule has 0 saturated carbocycles. The number of benzene rings is 1. The average Bonchev–Trinajstić information content (AvgIpc) is 3.30. The first-order chi connectivity index (χ1) is 15.7. The number of thiophene rings is 1. The lowest BCUT2D eigenvalue weighted by Gasteiger charge is -2.31. The number of piperidine rings is 1. The van der Waals surface area contributed by atoms with Crippen LogP contribution < -0.4 is 0 Å². The molecule has 0 bridgehead atoms.